The van der Waals surface area contributed by atoms with Crippen molar-refractivity contribution in [3.8, 4) is 11.4 Å². The lowest BCUT2D eigenvalue weighted by molar-refractivity contribution is -0.123. The Kier molecular flexibility index (Phi) is 9.42. The maximum atomic E-state index is 13.1. The fourth-order valence-corrected chi connectivity index (χ4v) is 4.85. The van der Waals surface area contributed by atoms with Gasteiger partial charge in [0.2, 0.25) is 5.91 Å². The SMILES string of the molecule is CCCn1c(=O)n(C2CC2)c(=O)c2[nH]c(-c3ccc(C(=O)N[C@H](Cc4ccccc4)C(=O)NCCOCCO)nc3)nc21. The summed E-state index contributed by atoms with van der Waals surface area (Å²) in [6.07, 6.45) is 4.03. The number of aromatic nitrogens is 5. The second-order valence-corrected chi connectivity index (χ2v) is 10.4. The van der Waals surface area contributed by atoms with Crippen molar-refractivity contribution in [3.05, 3.63) is 80.8 Å². The average Bonchev–Trinajstić information content (AvgIpc) is 3.75. The Morgan fingerprint density at radius 3 is 2.60 bits per heavy atom. The Bertz CT molecular complexity index is 1690. The van der Waals surface area contributed by atoms with Crippen LogP contribution in [0.15, 0.2) is 58.3 Å². The van der Waals surface area contributed by atoms with Crippen LogP contribution in [0.3, 0.4) is 0 Å². The number of amides is 2. The van der Waals surface area contributed by atoms with Crippen LogP contribution < -0.4 is 21.9 Å². The summed E-state index contributed by atoms with van der Waals surface area (Å²) in [4.78, 5) is 64.2. The van der Waals surface area contributed by atoms with E-state index in [2.05, 4.69) is 25.6 Å². The number of hydrogen-bond donors (Lipinski definition) is 4. The molecule has 226 valence electrons. The molecule has 1 saturated carbocycles. The number of hydrogen-bond acceptors (Lipinski definition) is 8. The molecule has 4 aromatic rings. The van der Waals surface area contributed by atoms with Gasteiger partial charge in [-0.3, -0.25) is 28.5 Å². The van der Waals surface area contributed by atoms with Crippen molar-refractivity contribution in [1.29, 1.82) is 0 Å². The molecular weight excluding hydrogens is 554 g/mol. The van der Waals surface area contributed by atoms with Gasteiger partial charge in [0.1, 0.15) is 23.1 Å². The zero-order chi connectivity index (χ0) is 30.3. The first-order valence-corrected chi connectivity index (χ1v) is 14.4. The number of carbonyl (C=O) groups excluding carboxylic acids is 2. The van der Waals surface area contributed by atoms with Crippen LogP contribution in [-0.2, 0) is 22.5 Å². The fourth-order valence-electron chi connectivity index (χ4n) is 4.85. The fraction of sp³-hybridized carbons (Fsp3) is 0.400. The topological polar surface area (TPSA) is 173 Å². The highest BCUT2D eigenvalue weighted by Crippen LogP contribution is 2.32. The lowest BCUT2D eigenvalue weighted by Gasteiger charge is -2.18. The number of nitrogens with one attached hydrogen (secondary N) is 3. The van der Waals surface area contributed by atoms with Crippen LogP contribution in [-0.4, -0.2) is 73.4 Å². The number of pyridine rings is 1. The first-order valence-electron chi connectivity index (χ1n) is 14.4. The number of carbonyl (C=O) groups is 2. The normalized spacial score (nSPS) is 13.6. The molecule has 1 aromatic carbocycles. The molecule has 0 spiro atoms. The van der Waals surface area contributed by atoms with Gasteiger partial charge in [-0.15, -0.1) is 0 Å². The van der Waals surface area contributed by atoms with E-state index < -0.39 is 11.9 Å². The van der Waals surface area contributed by atoms with Crippen LogP contribution in [0.2, 0.25) is 0 Å². The van der Waals surface area contributed by atoms with Crippen molar-refractivity contribution in [2.45, 2.75) is 51.2 Å². The van der Waals surface area contributed by atoms with Gasteiger partial charge in [-0.05, 0) is 37.0 Å². The van der Waals surface area contributed by atoms with Crippen molar-refractivity contribution < 1.29 is 19.4 Å². The van der Waals surface area contributed by atoms with Crippen LogP contribution in [0, 0.1) is 0 Å². The number of aliphatic hydroxyl groups excluding tert-OH is 1. The molecule has 4 N–H and O–H groups in total. The molecule has 1 atom stereocenters. The molecular formula is C30H35N7O6. The number of aliphatic hydroxyl groups is 1. The van der Waals surface area contributed by atoms with Gasteiger partial charge in [0.05, 0.1) is 19.8 Å². The zero-order valence-electron chi connectivity index (χ0n) is 23.9. The number of imidazole rings is 1. The Hall–Kier alpha value is -4.62. The molecule has 1 aliphatic carbocycles. The van der Waals surface area contributed by atoms with E-state index in [9.17, 15) is 19.2 Å². The van der Waals surface area contributed by atoms with Gasteiger partial charge < -0.3 is 25.5 Å². The predicted molar refractivity (Wildman–Crippen MR) is 159 cm³/mol. The quantitative estimate of drug-likeness (QED) is 0.159. The lowest BCUT2D eigenvalue weighted by Crippen LogP contribution is -2.48. The van der Waals surface area contributed by atoms with E-state index in [-0.39, 0.29) is 67.2 Å². The van der Waals surface area contributed by atoms with Gasteiger partial charge >= 0.3 is 5.69 Å². The second kappa shape index (κ2) is 13.6. The number of aromatic amines is 1. The van der Waals surface area contributed by atoms with Gasteiger partial charge in [0.15, 0.2) is 5.65 Å². The van der Waals surface area contributed by atoms with Crippen LogP contribution in [0.1, 0.15) is 48.3 Å². The summed E-state index contributed by atoms with van der Waals surface area (Å²) in [6.45, 7) is 2.90. The van der Waals surface area contributed by atoms with Crippen molar-refractivity contribution in [1.82, 2.24) is 34.7 Å². The van der Waals surface area contributed by atoms with Crippen LogP contribution >= 0.6 is 0 Å². The van der Waals surface area contributed by atoms with Gasteiger partial charge in [0, 0.05) is 37.3 Å². The Labute approximate surface area is 246 Å². The van der Waals surface area contributed by atoms with Gasteiger partial charge in [0.25, 0.3) is 11.5 Å². The second-order valence-electron chi connectivity index (χ2n) is 10.4. The number of rotatable bonds is 14. The molecule has 0 aliphatic heterocycles. The van der Waals surface area contributed by atoms with E-state index in [1.807, 2.05) is 37.3 Å². The first kappa shape index (κ1) is 29.9. The molecule has 0 bridgehead atoms. The Morgan fingerprint density at radius 2 is 1.93 bits per heavy atom. The Balaban J connectivity index is 1.34. The molecule has 1 aliphatic rings. The standard InChI is InChI=1S/C30H35N7O6/c1-2-13-36-26-24(29(41)37(30(36)42)21-9-10-21)34-25(35-26)20-8-11-22(32-18-20)28(40)33-23(17-19-6-4-3-5-7-19)27(39)31-12-15-43-16-14-38/h3-8,11,18,21,23,38H,2,9-10,12-17H2,1H3,(H,31,39)(H,33,40)(H,34,35)/t23-/m1/s1. The zero-order valence-corrected chi connectivity index (χ0v) is 23.9. The van der Waals surface area contributed by atoms with E-state index in [0.29, 0.717) is 30.0 Å². The summed E-state index contributed by atoms with van der Waals surface area (Å²) < 4.78 is 8.04. The van der Waals surface area contributed by atoms with Crippen molar-refractivity contribution in [3.63, 3.8) is 0 Å². The lowest BCUT2D eigenvalue weighted by atomic mass is 10.0. The third-order valence-corrected chi connectivity index (χ3v) is 7.12. The highest BCUT2D eigenvalue weighted by Gasteiger charge is 2.30. The average molecular weight is 590 g/mol. The third kappa shape index (κ3) is 6.89. The highest BCUT2D eigenvalue weighted by atomic mass is 16.5. The highest BCUT2D eigenvalue weighted by molar-refractivity contribution is 5.96. The van der Waals surface area contributed by atoms with Crippen LogP contribution in [0.4, 0.5) is 0 Å². The van der Waals surface area contributed by atoms with E-state index in [1.54, 1.807) is 6.07 Å². The minimum atomic E-state index is -0.867. The summed E-state index contributed by atoms with van der Waals surface area (Å²) >= 11 is 0. The molecule has 3 aromatic heterocycles. The van der Waals surface area contributed by atoms with Gasteiger partial charge in [-0.2, -0.15) is 0 Å². The molecule has 13 nitrogen and oxygen atoms in total. The molecule has 0 radical (unpaired) electrons. The maximum Gasteiger partial charge on any atom is 0.333 e. The third-order valence-electron chi connectivity index (χ3n) is 7.12. The van der Waals surface area contributed by atoms with Crippen molar-refractivity contribution in [2.24, 2.45) is 0 Å². The minimum Gasteiger partial charge on any atom is -0.394 e. The molecule has 0 saturated heterocycles. The number of ether oxygens (including phenoxy) is 1. The van der Waals surface area contributed by atoms with E-state index in [0.717, 1.165) is 18.4 Å². The molecule has 5 rings (SSSR count). The molecule has 1 fully saturated rings. The predicted octanol–water partition coefficient (Wildman–Crippen LogP) is 1.16. The van der Waals surface area contributed by atoms with E-state index in [4.69, 9.17) is 9.84 Å². The number of benzene rings is 1. The van der Waals surface area contributed by atoms with Crippen molar-refractivity contribution >= 4 is 23.0 Å². The van der Waals surface area contributed by atoms with Crippen LogP contribution in [0.5, 0.6) is 0 Å². The molecule has 43 heavy (non-hydrogen) atoms. The number of aryl methyl sites for hydroxylation is 1. The molecule has 3 heterocycles. The first-order chi connectivity index (χ1) is 20.9. The number of nitrogens with zero attached hydrogens (tertiary/aromatic N) is 4. The summed E-state index contributed by atoms with van der Waals surface area (Å²) in [5.74, 6) is -0.555. The summed E-state index contributed by atoms with van der Waals surface area (Å²) in [7, 11) is 0. The minimum absolute atomic E-state index is 0.0777. The van der Waals surface area contributed by atoms with Gasteiger partial charge in [-0.25, -0.2) is 9.78 Å². The summed E-state index contributed by atoms with van der Waals surface area (Å²) in [5, 5.41) is 14.4. The van der Waals surface area contributed by atoms with E-state index >= 15 is 0 Å². The van der Waals surface area contributed by atoms with E-state index in [1.165, 1.54) is 21.4 Å². The largest absolute Gasteiger partial charge is 0.394 e. The summed E-state index contributed by atoms with van der Waals surface area (Å²) in [5.41, 5.74) is 1.31. The van der Waals surface area contributed by atoms with Crippen molar-refractivity contribution in [2.75, 3.05) is 26.4 Å². The number of H-pyrrole nitrogens is 1. The Morgan fingerprint density at radius 1 is 1.14 bits per heavy atom. The number of fused-ring (bicyclic) bond motifs is 1. The van der Waals surface area contributed by atoms with Gasteiger partial charge in [-0.1, -0.05) is 37.3 Å². The smallest absolute Gasteiger partial charge is 0.333 e. The maximum absolute atomic E-state index is 13.1. The summed E-state index contributed by atoms with van der Waals surface area (Å²) in [6, 6.07) is 11.5. The monoisotopic (exact) mass is 589 g/mol. The molecule has 13 heteroatoms. The molecule has 2 amide bonds. The molecule has 0 unspecified atom stereocenters. The van der Waals surface area contributed by atoms with Crippen LogP contribution in [0.25, 0.3) is 22.6 Å².